The van der Waals surface area contributed by atoms with E-state index in [-0.39, 0.29) is 33.2 Å². The number of imidazole rings is 1. The van der Waals surface area contributed by atoms with Gasteiger partial charge in [0.1, 0.15) is 10.7 Å². The molecule has 0 spiro atoms. The van der Waals surface area contributed by atoms with Crippen molar-refractivity contribution >= 4 is 28.6 Å². The van der Waals surface area contributed by atoms with Gasteiger partial charge in [-0.2, -0.15) is 0 Å². The number of rotatable bonds is 3. The van der Waals surface area contributed by atoms with Gasteiger partial charge in [-0.15, -0.1) is 11.3 Å². The summed E-state index contributed by atoms with van der Waals surface area (Å²) in [5.74, 6) is -1.50. The van der Waals surface area contributed by atoms with Crippen LogP contribution in [0.25, 0.3) is 5.65 Å². The summed E-state index contributed by atoms with van der Waals surface area (Å²) in [5.41, 5.74) is 0.947. The van der Waals surface area contributed by atoms with Crippen molar-refractivity contribution in [2.45, 2.75) is 64.5 Å². The molecule has 0 radical (unpaired) electrons. The highest BCUT2D eigenvalue weighted by molar-refractivity contribution is 7.14. The van der Waals surface area contributed by atoms with Crippen LogP contribution in [0.3, 0.4) is 0 Å². The van der Waals surface area contributed by atoms with Crippen LogP contribution in [0.2, 0.25) is 0 Å². The van der Waals surface area contributed by atoms with Gasteiger partial charge in [-0.25, -0.2) is 13.8 Å². The summed E-state index contributed by atoms with van der Waals surface area (Å²) in [5, 5.41) is 6.24. The number of pyridine rings is 1. The zero-order chi connectivity index (χ0) is 21.8. The number of piperidine rings is 1. The van der Waals surface area contributed by atoms with E-state index >= 15 is 0 Å². The molecule has 1 aliphatic heterocycles. The van der Waals surface area contributed by atoms with Crippen LogP contribution in [0.1, 0.15) is 66.7 Å². The molecule has 1 fully saturated rings. The molecule has 0 aromatic carbocycles. The van der Waals surface area contributed by atoms with E-state index < -0.39 is 17.5 Å². The molecule has 4 heterocycles. The van der Waals surface area contributed by atoms with Crippen molar-refractivity contribution in [3.63, 3.8) is 0 Å². The van der Waals surface area contributed by atoms with Gasteiger partial charge in [0.25, 0.3) is 5.91 Å². The number of carbonyl (C=O) groups is 1. The average molecular weight is 433 g/mol. The summed E-state index contributed by atoms with van der Waals surface area (Å²) in [6, 6.07) is 2.68. The predicted molar refractivity (Wildman–Crippen MR) is 115 cm³/mol. The molecule has 1 amide bonds. The number of nitrogens with zero attached hydrogens (tertiary/aromatic N) is 2. The van der Waals surface area contributed by atoms with Crippen LogP contribution in [0.15, 0.2) is 24.5 Å². The zero-order valence-electron chi connectivity index (χ0n) is 17.8. The summed E-state index contributed by atoms with van der Waals surface area (Å²) in [6.45, 7) is 10.3. The Bertz CT molecular complexity index is 1120. The first-order valence-corrected chi connectivity index (χ1v) is 10.8. The minimum Gasteiger partial charge on any atom is -0.320 e. The van der Waals surface area contributed by atoms with Crippen molar-refractivity contribution in [3.8, 4) is 0 Å². The number of carbonyl (C=O) groups excluding carboxylic acids is 1. The summed E-state index contributed by atoms with van der Waals surface area (Å²) in [4.78, 5) is 17.7. The maximum atomic E-state index is 14.7. The quantitative estimate of drug-likeness (QED) is 0.594. The molecule has 0 bridgehead atoms. The van der Waals surface area contributed by atoms with Gasteiger partial charge >= 0.3 is 0 Å². The molecular weight excluding hydrogens is 406 g/mol. The Morgan fingerprint density at radius 3 is 2.50 bits per heavy atom. The van der Waals surface area contributed by atoms with E-state index in [2.05, 4.69) is 43.3 Å². The molecule has 1 aliphatic rings. The first kappa shape index (κ1) is 20.9. The minimum atomic E-state index is -0.577. The molecule has 30 heavy (non-hydrogen) atoms. The molecule has 160 valence electrons. The molecule has 0 atom stereocenters. The molecule has 0 aliphatic carbocycles. The van der Waals surface area contributed by atoms with Crippen LogP contribution in [-0.4, -0.2) is 26.4 Å². The molecule has 3 aromatic rings. The number of nitrogens with one attached hydrogen (secondary N) is 2. The number of amides is 1. The average Bonchev–Trinajstić information content (AvgIpc) is 3.14. The fraction of sp³-hybridized carbons (Fsp3) is 0.455. The van der Waals surface area contributed by atoms with E-state index in [9.17, 15) is 13.6 Å². The molecule has 4 rings (SSSR count). The number of aryl methyl sites for hydroxylation is 1. The third-order valence-electron chi connectivity index (χ3n) is 5.39. The van der Waals surface area contributed by atoms with Crippen molar-refractivity contribution in [1.82, 2.24) is 14.7 Å². The SMILES string of the molecule is Cc1cn2cc(NC(=O)c3sc(C4CC(C)(C)NC(C)(C)C4)cc3F)cc(F)c2n1. The van der Waals surface area contributed by atoms with Crippen LogP contribution in [0.4, 0.5) is 14.5 Å². The highest BCUT2D eigenvalue weighted by atomic mass is 32.1. The lowest BCUT2D eigenvalue weighted by atomic mass is 9.75. The Labute approximate surface area is 178 Å². The maximum absolute atomic E-state index is 14.7. The smallest absolute Gasteiger partial charge is 0.268 e. The summed E-state index contributed by atoms with van der Waals surface area (Å²) < 4.78 is 30.5. The number of hydrogen-bond donors (Lipinski definition) is 2. The van der Waals surface area contributed by atoms with E-state index in [1.165, 1.54) is 27.9 Å². The topological polar surface area (TPSA) is 58.4 Å². The fourth-order valence-electron chi connectivity index (χ4n) is 4.70. The van der Waals surface area contributed by atoms with Crippen molar-refractivity contribution < 1.29 is 13.6 Å². The molecule has 3 aromatic heterocycles. The molecule has 8 heteroatoms. The predicted octanol–water partition coefficient (Wildman–Crippen LogP) is 5.26. The van der Waals surface area contributed by atoms with Crippen LogP contribution >= 0.6 is 11.3 Å². The zero-order valence-corrected chi connectivity index (χ0v) is 18.6. The molecule has 2 N–H and O–H groups in total. The third kappa shape index (κ3) is 4.11. The highest BCUT2D eigenvalue weighted by Crippen LogP contribution is 2.42. The number of fused-ring (bicyclic) bond motifs is 1. The fourth-order valence-corrected chi connectivity index (χ4v) is 5.73. The van der Waals surface area contributed by atoms with E-state index in [1.54, 1.807) is 19.3 Å². The monoisotopic (exact) mass is 432 g/mol. The summed E-state index contributed by atoms with van der Waals surface area (Å²) in [6.07, 6.45) is 4.96. The molecular formula is C22H26F2N4OS. The maximum Gasteiger partial charge on any atom is 0.268 e. The van der Waals surface area contributed by atoms with Gasteiger partial charge in [-0.3, -0.25) is 4.79 Å². The van der Waals surface area contributed by atoms with Crippen molar-refractivity contribution in [2.24, 2.45) is 0 Å². The van der Waals surface area contributed by atoms with Gasteiger partial charge in [0, 0.05) is 34.4 Å². The van der Waals surface area contributed by atoms with Crippen LogP contribution in [0.5, 0.6) is 0 Å². The normalized spacial score (nSPS) is 18.6. The van der Waals surface area contributed by atoms with Crippen LogP contribution in [0, 0.1) is 18.6 Å². The van der Waals surface area contributed by atoms with Gasteiger partial charge in [0.15, 0.2) is 11.5 Å². The van der Waals surface area contributed by atoms with E-state index in [0.717, 1.165) is 17.7 Å². The number of thiophene rings is 1. The molecule has 5 nitrogen and oxygen atoms in total. The highest BCUT2D eigenvalue weighted by Gasteiger charge is 2.39. The number of hydrogen-bond acceptors (Lipinski definition) is 4. The third-order valence-corrected chi connectivity index (χ3v) is 6.66. The minimum absolute atomic E-state index is 0.0152. The lowest BCUT2D eigenvalue weighted by molar-refractivity contribution is 0.102. The Morgan fingerprint density at radius 2 is 1.83 bits per heavy atom. The van der Waals surface area contributed by atoms with E-state index in [1.807, 2.05) is 0 Å². The van der Waals surface area contributed by atoms with Gasteiger partial charge in [0.2, 0.25) is 0 Å². The molecule has 0 saturated carbocycles. The second-order valence-electron chi connectivity index (χ2n) is 9.47. The first-order valence-electron chi connectivity index (χ1n) is 9.97. The standard InChI is InChI=1S/C22H26F2N4OS/c1-12-10-28-11-14(6-16(24)19(28)25-12)26-20(29)18-15(23)7-17(30-18)13-8-21(2,3)27-22(4,5)9-13/h6-7,10-11,13,27H,8-9H2,1-5H3,(H,26,29). The Kier molecular flexibility index (Phi) is 4.97. The van der Waals surface area contributed by atoms with Gasteiger partial charge in [-0.05, 0) is 59.4 Å². The van der Waals surface area contributed by atoms with E-state index in [0.29, 0.717) is 5.69 Å². The number of halogens is 2. The van der Waals surface area contributed by atoms with Crippen molar-refractivity contribution in [1.29, 1.82) is 0 Å². The second kappa shape index (κ2) is 7.13. The Hall–Kier alpha value is -2.32. The van der Waals surface area contributed by atoms with Crippen LogP contribution < -0.4 is 10.6 Å². The van der Waals surface area contributed by atoms with Crippen molar-refractivity contribution in [2.75, 3.05) is 5.32 Å². The summed E-state index contributed by atoms with van der Waals surface area (Å²) in [7, 11) is 0. The van der Waals surface area contributed by atoms with Gasteiger partial charge in [0.05, 0.1) is 11.4 Å². The lowest BCUT2D eigenvalue weighted by Gasteiger charge is -2.46. The first-order chi connectivity index (χ1) is 13.9. The van der Waals surface area contributed by atoms with Crippen molar-refractivity contribution in [3.05, 3.63) is 51.6 Å². The second-order valence-corrected chi connectivity index (χ2v) is 10.6. The molecule has 1 saturated heterocycles. The lowest BCUT2D eigenvalue weighted by Crippen LogP contribution is -2.57. The Balaban J connectivity index is 1.58. The van der Waals surface area contributed by atoms with Crippen LogP contribution in [-0.2, 0) is 0 Å². The number of aromatic nitrogens is 2. The summed E-state index contributed by atoms with van der Waals surface area (Å²) >= 11 is 1.18. The largest absolute Gasteiger partial charge is 0.320 e. The Morgan fingerprint density at radius 1 is 1.17 bits per heavy atom. The van der Waals surface area contributed by atoms with Gasteiger partial charge < -0.3 is 15.0 Å². The van der Waals surface area contributed by atoms with Gasteiger partial charge in [-0.1, -0.05) is 0 Å². The molecule has 0 unspecified atom stereocenters. The van der Waals surface area contributed by atoms with E-state index in [4.69, 9.17) is 0 Å². The number of anilines is 1.